The van der Waals surface area contributed by atoms with Crippen molar-refractivity contribution in [2.75, 3.05) is 20.3 Å². The third-order valence-electron chi connectivity index (χ3n) is 2.74. The van der Waals surface area contributed by atoms with Gasteiger partial charge in [-0.2, -0.15) is 0 Å². The summed E-state index contributed by atoms with van der Waals surface area (Å²) in [5.74, 6) is -0.449. The molecule has 2 rings (SSSR count). The van der Waals surface area contributed by atoms with Crippen LogP contribution in [0.4, 0.5) is 5.69 Å². The zero-order chi connectivity index (χ0) is 13.8. The smallest absolute Gasteiger partial charge is 0.309 e. The Labute approximate surface area is 109 Å². The van der Waals surface area contributed by atoms with Gasteiger partial charge in [0.2, 0.25) is 0 Å². The fourth-order valence-corrected chi connectivity index (χ4v) is 1.83. The molecule has 0 saturated carbocycles. The average Bonchev–Trinajstić information content (AvgIpc) is 2.92. The zero-order valence-electron chi connectivity index (χ0n) is 10.3. The third-order valence-corrected chi connectivity index (χ3v) is 2.74. The second-order valence-electron chi connectivity index (χ2n) is 3.98. The van der Waals surface area contributed by atoms with Crippen LogP contribution < -0.4 is 0 Å². The van der Waals surface area contributed by atoms with Crippen LogP contribution in [0.5, 0.6) is 0 Å². The summed E-state index contributed by atoms with van der Waals surface area (Å²) in [5, 5.41) is 11.1. The molecule has 7 heteroatoms. The Morgan fingerprint density at radius 1 is 1.47 bits per heavy atom. The van der Waals surface area contributed by atoms with Crippen LogP contribution in [0, 0.1) is 10.1 Å². The molecule has 0 aliphatic carbocycles. The van der Waals surface area contributed by atoms with Crippen LogP contribution in [0.2, 0.25) is 0 Å². The zero-order valence-corrected chi connectivity index (χ0v) is 10.3. The molecule has 1 aromatic rings. The topological polar surface area (TPSA) is 87.9 Å². The highest BCUT2D eigenvalue weighted by Gasteiger charge is 2.27. The maximum Gasteiger partial charge on any atom is 0.309 e. The minimum atomic E-state index is -0.715. The van der Waals surface area contributed by atoms with Gasteiger partial charge in [-0.1, -0.05) is 6.07 Å². The Morgan fingerprint density at radius 2 is 2.16 bits per heavy atom. The van der Waals surface area contributed by atoms with E-state index in [2.05, 4.69) is 4.74 Å². The lowest BCUT2D eigenvalue weighted by atomic mass is 10.1. The summed E-state index contributed by atoms with van der Waals surface area (Å²) in [4.78, 5) is 21.7. The number of methoxy groups -OCH3 is 1. The molecular weight excluding hydrogens is 254 g/mol. The first-order chi connectivity index (χ1) is 9.11. The second kappa shape index (κ2) is 5.77. The van der Waals surface area contributed by atoms with E-state index in [0.717, 1.165) is 0 Å². The van der Waals surface area contributed by atoms with Crippen LogP contribution in [0.3, 0.4) is 0 Å². The van der Waals surface area contributed by atoms with Gasteiger partial charge >= 0.3 is 5.97 Å². The lowest BCUT2D eigenvalue weighted by molar-refractivity contribution is -0.386. The Bertz CT molecular complexity index is 495. The molecule has 1 heterocycles. The molecule has 0 aromatic heterocycles. The number of carbonyl (C=O) groups excluding carboxylic acids is 1. The van der Waals surface area contributed by atoms with Gasteiger partial charge in [0.25, 0.3) is 5.69 Å². The molecule has 0 amide bonds. The highest BCUT2D eigenvalue weighted by Crippen LogP contribution is 2.31. The molecule has 0 bridgehead atoms. The number of rotatable bonds is 4. The maximum absolute atomic E-state index is 11.2. The molecule has 0 spiro atoms. The van der Waals surface area contributed by atoms with E-state index in [1.807, 2.05) is 0 Å². The number of ether oxygens (including phenoxy) is 3. The standard InChI is InChI=1S/C12H13NO6/c1-17-11(14)7-8-2-3-9(10(6-8)13(15)16)12-18-4-5-19-12/h2-3,6,12H,4-5,7H2,1H3. The lowest BCUT2D eigenvalue weighted by Gasteiger charge is -2.10. The number of hydrogen-bond donors (Lipinski definition) is 0. The molecule has 0 unspecified atom stereocenters. The molecule has 1 aromatic carbocycles. The predicted octanol–water partition coefficient (Wildman–Crippen LogP) is 1.36. The Morgan fingerprint density at radius 3 is 2.74 bits per heavy atom. The first-order valence-corrected chi connectivity index (χ1v) is 5.69. The Balaban J connectivity index is 2.29. The van der Waals surface area contributed by atoms with Crippen molar-refractivity contribution < 1.29 is 23.9 Å². The molecule has 0 atom stereocenters. The Kier molecular flexibility index (Phi) is 4.08. The van der Waals surface area contributed by atoms with E-state index in [0.29, 0.717) is 24.3 Å². The predicted molar refractivity (Wildman–Crippen MR) is 63.5 cm³/mol. The van der Waals surface area contributed by atoms with Crippen molar-refractivity contribution in [3.8, 4) is 0 Å². The van der Waals surface area contributed by atoms with Gasteiger partial charge in [0.1, 0.15) is 0 Å². The number of benzene rings is 1. The molecule has 1 aliphatic heterocycles. The van der Waals surface area contributed by atoms with E-state index in [9.17, 15) is 14.9 Å². The molecule has 0 N–H and O–H groups in total. The van der Waals surface area contributed by atoms with Crippen molar-refractivity contribution in [3.63, 3.8) is 0 Å². The van der Waals surface area contributed by atoms with Gasteiger partial charge in [0.15, 0.2) is 6.29 Å². The van der Waals surface area contributed by atoms with Crippen LogP contribution in [0.1, 0.15) is 17.4 Å². The largest absolute Gasteiger partial charge is 0.469 e. The van der Waals surface area contributed by atoms with Crippen molar-refractivity contribution in [1.82, 2.24) is 0 Å². The minimum absolute atomic E-state index is 0.00992. The van der Waals surface area contributed by atoms with E-state index in [1.165, 1.54) is 13.2 Å². The molecule has 1 saturated heterocycles. The monoisotopic (exact) mass is 267 g/mol. The molecule has 19 heavy (non-hydrogen) atoms. The van der Waals surface area contributed by atoms with Gasteiger partial charge in [-0.15, -0.1) is 0 Å². The van der Waals surface area contributed by atoms with Gasteiger partial charge in [-0.3, -0.25) is 14.9 Å². The molecular formula is C12H13NO6. The van der Waals surface area contributed by atoms with Crippen molar-refractivity contribution in [2.24, 2.45) is 0 Å². The van der Waals surface area contributed by atoms with E-state index in [4.69, 9.17) is 9.47 Å². The van der Waals surface area contributed by atoms with E-state index in [1.54, 1.807) is 12.1 Å². The number of nitro benzene ring substituents is 1. The average molecular weight is 267 g/mol. The molecule has 7 nitrogen and oxygen atoms in total. The number of esters is 1. The summed E-state index contributed by atoms with van der Waals surface area (Å²) in [5.41, 5.74) is 0.754. The number of nitro groups is 1. The van der Waals surface area contributed by atoms with Crippen molar-refractivity contribution >= 4 is 11.7 Å². The first kappa shape index (κ1) is 13.4. The summed E-state index contributed by atoms with van der Waals surface area (Å²) < 4.78 is 15.0. The summed E-state index contributed by atoms with van der Waals surface area (Å²) in [7, 11) is 1.27. The lowest BCUT2D eigenvalue weighted by Crippen LogP contribution is -2.07. The van der Waals surface area contributed by atoms with Gasteiger partial charge in [0, 0.05) is 6.07 Å². The quantitative estimate of drug-likeness (QED) is 0.465. The van der Waals surface area contributed by atoms with Gasteiger partial charge < -0.3 is 14.2 Å². The van der Waals surface area contributed by atoms with Crippen LogP contribution in [-0.2, 0) is 25.4 Å². The van der Waals surface area contributed by atoms with Crippen molar-refractivity contribution in [2.45, 2.75) is 12.7 Å². The molecule has 102 valence electrons. The maximum atomic E-state index is 11.2. The van der Waals surface area contributed by atoms with E-state index >= 15 is 0 Å². The van der Waals surface area contributed by atoms with E-state index < -0.39 is 17.2 Å². The van der Waals surface area contributed by atoms with Crippen molar-refractivity contribution in [3.05, 3.63) is 39.4 Å². The van der Waals surface area contributed by atoms with Gasteiger partial charge in [0.05, 0.1) is 37.2 Å². The van der Waals surface area contributed by atoms with Crippen molar-refractivity contribution in [1.29, 1.82) is 0 Å². The third kappa shape index (κ3) is 3.07. The number of nitrogens with zero attached hydrogens (tertiary/aromatic N) is 1. The fraction of sp³-hybridized carbons (Fsp3) is 0.417. The summed E-state index contributed by atoms with van der Waals surface area (Å²) >= 11 is 0. The highest BCUT2D eigenvalue weighted by atomic mass is 16.7. The summed E-state index contributed by atoms with van der Waals surface area (Å²) in [6.07, 6.45) is -0.725. The minimum Gasteiger partial charge on any atom is -0.469 e. The van der Waals surface area contributed by atoms with Crippen LogP contribution in [0.25, 0.3) is 0 Å². The second-order valence-corrected chi connectivity index (χ2v) is 3.98. The summed E-state index contributed by atoms with van der Waals surface area (Å²) in [6, 6.07) is 4.52. The van der Waals surface area contributed by atoms with Crippen LogP contribution in [0.15, 0.2) is 18.2 Å². The molecule has 1 aliphatic rings. The van der Waals surface area contributed by atoms with Gasteiger partial charge in [-0.25, -0.2) is 0 Å². The van der Waals surface area contributed by atoms with Gasteiger partial charge in [-0.05, 0) is 11.6 Å². The Hall–Kier alpha value is -1.99. The normalized spacial score (nSPS) is 15.4. The highest BCUT2D eigenvalue weighted by molar-refractivity contribution is 5.72. The summed E-state index contributed by atoms with van der Waals surface area (Å²) in [6.45, 7) is 0.817. The van der Waals surface area contributed by atoms with Crippen LogP contribution in [-0.4, -0.2) is 31.2 Å². The fourth-order valence-electron chi connectivity index (χ4n) is 1.83. The molecule has 0 radical (unpaired) electrons. The van der Waals surface area contributed by atoms with E-state index in [-0.39, 0.29) is 12.1 Å². The first-order valence-electron chi connectivity index (χ1n) is 5.69. The number of hydrogen-bond acceptors (Lipinski definition) is 6. The molecule has 1 fully saturated rings. The SMILES string of the molecule is COC(=O)Cc1ccc(C2OCCO2)c([N+](=O)[O-])c1. The number of carbonyl (C=O) groups is 1. The van der Waals surface area contributed by atoms with Crippen LogP contribution >= 0.6 is 0 Å².